The molecule has 4 nitrogen and oxygen atoms in total. The van der Waals surface area contributed by atoms with Gasteiger partial charge >= 0.3 is 0 Å². The van der Waals surface area contributed by atoms with E-state index in [1.165, 1.54) is 0 Å². The minimum Gasteiger partial charge on any atom is -0.342 e. The van der Waals surface area contributed by atoms with Crippen LogP contribution in [0.1, 0.15) is 32.3 Å². The number of nitrogens with one attached hydrogen (secondary N) is 1. The molecule has 2 amide bonds. The fourth-order valence-corrected chi connectivity index (χ4v) is 2.56. The van der Waals surface area contributed by atoms with Crippen molar-refractivity contribution in [1.29, 1.82) is 0 Å². The number of halogens is 1. The van der Waals surface area contributed by atoms with Crippen LogP contribution in [0.2, 0.25) is 5.02 Å². The Morgan fingerprint density at radius 1 is 1.40 bits per heavy atom. The Kier molecular flexibility index (Phi) is 4.04. The van der Waals surface area contributed by atoms with Gasteiger partial charge in [-0.3, -0.25) is 9.59 Å². The first-order chi connectivity index (χ1) is 9.39. The van der Waals surface area contributed by atoms with Crippen molar-refractivity contribution in [2.24, 2.45) is 0 Å². The summed E-state index contributed by atoms with van der Waals surface area (Å²) in [6, 6.07) is 5.48. The van der Waals surface area contributed by atoms with Gasteiger partial charge < -0.3 is 10.2 Å². The smallest absolute Gasteiger partial charge is 0.252 e. The van der Waals surface area contributed by atoms with Crippen molar-refractivity contribution in [3.63, 3.8) is 0 Å². The predicted octanol–water partition coefficient (Wildman–Crippen LogP) is 2.67. The van der Waals surface area contributed by atoms with Crippen LogP contribution in [0, 0.1) is 6.92 Å². The van der Waals surface area contributed by atoms with E-state index in [1.807, 2.05) is 26.0 Å². The zero-order valence-corrected chi connectivity index (χ0v) is 12.8. The van der Waals surface area contributed by atoms with Crippen molar-refractivity contribution in [3.8, 4) is 0 Å². The minimum absolute atomic E-state index is 0.0868. The summed E-state index contributed by atoms with van der Waals surface area (Å²) in [4.78, 5) is 26.3. The van der Waals surface area contributed by atoms with Crippen LogP contribution in [0.15, 0.2) is 18.2 Å². The van der Waals surface area contributed by atoms with E-state index in [0.717, 1.165) is 11.3 Å². The number of nitrogens with zero attached hydrogens (tertiary/aromatic N) is 1. The van der Waals surface area contributed by atoms with E-state index in [2.05, 4.69) is 5.32 Å². The summed E-state index contributed by atoms with van der Waals surface area (Å²) in [6.07, 6.45) is 0.848. The van der Waals surface area contributed by atoms with Crippen LogP contribution < -0.4 is 10.2 Å². The number of benzene rings is 1. The molecule has 0 aromatic heterocycles. The Balaban J connectivity index is 2.47. The van der Waals surface area contributed by atoms with Crippen LogP contribution in [-0.2, 0) is 9.59 Å². The molecule has 1 aromatic rings. The molecule has 0 saturated carbocycles. The van der Waals surface area contributed by atoms with Gasteiger partial charge in [0.05, 0.1) is 0 Å². The van der Waals surface area contributed by atoms with E-state index < -0.39 is 5.54 Å². The average Bonchev–Trinajstić information content (AvgIpc) is 2.52. The van der Waals surface area contributed by atoms with E-state index in [-0.39, 0.29) is 11.8 Å². The molecule has 1 heterocycles. The molecule has 2 rings (SSSR count). The summed E-state index contributed by atoms with van der Waals surface area (Å²) in [7, 11) is 0. The fourth-order valence-electron chi connectivity index (χ4n) is 2.39. The Labute approximate surface area is 124 Å². The predicted molar refractivity (Wildman–Crippen MR) is 80.0 cm³/mol. The molecule has 1 unspecified atom stereocenters. The summed E-state index contributed by atoms with van der Waals surface area (Å²) in [5.41, 5.74) is 0.775. The summed E-state index contributed by atoms with van der Waals surface area (Å²) in [6.45, 7) is 5.92. The molecule has 1 N–H and O–H groups in total. The largest absolute Gasteiger partial charge is 0.342 e. The third kappa shape index (κ3) is 2.52. The normalized spacial score (nSPS) is 23.5. The van der Waals surface area contributed by atoms with Crippen LogP contribution in [0.5, 0.6) is 0 Å². The highest BCUT2D eigenvalue weighted by molar-refractivity contribution is 6.31. The summed E-state index contributed by atoms with van der Waals surface area (Å²) < 4.78 is 0. The molecule has 20 heavy (non-hydrogen) atoms. The van der Waals surface area contributed by atoms with E-state index in [0.29, 0.717) is 24.4 Å². The maximum absolute atomic E-state index is 12.8. The second-order valence-electron chi connectivity index (χ2n) is 5.32. The molecular formula is C15H19ClN2O2. The number of anilines is 1. The lowest BCUT2D eigenvalue weighted by Crippen LogP contribution is -2.54. The van der Waals surface area contributed by atoms with Crippen LogP contribution in [0.4, 0.5) is 5.69 Å². The zero-order chi connectivity index (χ0) is 14.9. The van der Waals surface area contributed by atoms with E-state index in [9.17, 15) is 9.59 Å². The highest BCUT2D eigenvalue weighted by Crippen LogP contribution is 2.30. The van der Waals surface area contributed by atoms with Gasteiger partial charge in [-0.25, -0.2) is 0 Å². The van der Waals surface area contributed by atoms with Crippen molar-refractivity contribution < 1.29 is 9.59 Å². The molecule has 1 fully saturated rings. The lowest BCUT2D eigenvalue weighted by atomic mass is 9.96. The molecule has 108 valence electrons. The summed E-state index contributed by atoms with van der Waals surface area (Å²) in [5.74, 6) is -0.180. The third-order valence-electron chi connectivity index (χ3n) is 3.93. The fraction of sp³-hybridized carbons (Fsp3) is 0.467. The van der Waals surface area contributed by atoms with Gasteiger partial charge in [-0.1, -0.05) is 24.6 Å². The van der Waals surface area contributed by atoms with Gasteiger partial charge in [0.2, 0.25) is 5.91 Å². The van der Waals surface area contributed by atoms with E-state index in [4.69, 9.17) is 11.6 Å². The monoisotopic (exact) mass is 294 g/mol. The first-order valence-electron chi connectivity index (χ1n) is 6.77. The SMILES string of the molecule is CCC1(C)NC(=O)CCN(c2cccc(Cl)c2C)C1=O. The molecule has 0 radical (unpaired) electrons. The zero-order valence-electron chi connectivity index (χ0n) is 12.0. The molecule has 1 aliphatic heterocycles. The van der Waals surface area contributed by atoms with Gasteiger partial charge in [0.25, 0.3) is 5.91 Å². The van der Waals surface area contributed by atoms with Crippen molar-refractivity contribution in [1.82, 2.24) is 5.32 Å². The Bertz CT molecular complexity index is 559. The van der Waals surface area contributed by atoms with E-state index >= 15 is 0 Å². The van der Waals surface area contributed by atoms with Crippen LogP contribution in [0.3, 0.4) is 0 Å². The van der Waals surface area contributed by atoms with Gasteiger partial charge in [0.1, 0.15) is 5.54 Å². The van der Waals surface area contributed by atoms with Gasteiger partial charge in [-0.2, -0.15) is 0 Å². The molecule has 1 atom stereocenters. The van der Waals surface area contributed by atoms with Crippen LogP contribution in [0.25, 0.3) is 0 Å². The number of rotatable bonds is 2. The van der Waals surface area contributed by atoms with Crippen molar-refractivity contribution in [2.75, 3.05) is 11.4 Å². The van der Waals surface area contributed by atoms with Crippen molar-refractivity contribution in [3.05, 3.63) is 28.8 Å². The molecule has 1 aliphatic rings. The van der Waals surface area contributed by atoms with E-state index in [1.54, 1.807) is 17.9 Å². The molecule has 1 aromatic carbocycles. The Morgan fingerprint density at radius 3 is 2.75 bits per heavy atom. The van der Waals surface area contributed by atoms with Crippen molar-refractivity contribution >= 4 is 29.1 Å². The topological polar surface area (TPSA) is 49.4 Å². The third-order valence-corrected chi connectivity index (χ3v) is 4.34. The average molecular weight is 295 g/mol. The summed E-state index contributed by atoms with van der Waals surface area (Å²) in [5, 5.41) is 3.45. The van der Waals surface area contributed by atoms with Gasteiger partial charge in [0.15, 0.2) is 0 Å². The molecule has 0 spiro atoms. The second-order valence-corrected chi connectivity index (χ2v) is 5.73. The first-order valence-corrected chi connectivity index (χ1v) is 7.15. The number of hydrogen-bond acceptors (Lipinski definition) is 2. The number of hydrogen-bond donors (Lipinski definition) is 1. The van der Waals surface area contributed by atoms with Gasteiger partial charge in [0, 0.05) is 23.7 Å². The van der Waals surface area contributed by atoms with Crippen LogP contribution in [-0.4, -0.2) is 23.9 Å². The summed E-state index contributed by atoms with van der Waals surface area (Å²) >= 11 is 6.13. The van der Waals surface area contributed by atoms with Crippen LogP contribution >= 0.6 is 11.6 Å². The standard InChI is InChI=1S/C15H19ClN2O2/c1-4-15(3)14(20)18(9-8-13(19)17-15)12-7-5-6-11(16)10(12)2/h5-7H,4,8-9H2,1-3H3,(H,17,19). The quantitative estimate of drug-likeness (QED) is 0.911. The number of amides is 2. The lowest BCUT2D eigenvalue weighted by Gasteiger charge is -2.32. The highest BCUT2D eigenvalue weighted by atomic mass is 35.5. The minimum atomic E-state index is -0.859. The number of carbonyl (C=O) groups excluding carboxylic acids is 2. The maximum atomic E-state index is 12.8. The molecule has 1 saturated heterocycles. The molecule has 5 heteroatoms. The Morgan fingerprint density at radius 2 is 2.10 bits per heavy atom. The van der Waals surface area contributed by atoms with Crippen molar-refractivity contribution in [2.45, 2.75) is 39.2 Å². The molecular weight excluding hydrogens is 276 g/mol. The molecule has 0 bridgehead atoms. The van der Waals surface area contributed by atoms with Gasteiger partial charge in [-0.15, -0.1) is 0 Å². The molecule has 0 aliphatic carbocycles. The number of carbonyl (C=O) groups is 2. The lowest BCUT2D eigenvalue weighted by molar-refractivity contribution is -0.129. The van der Waals surface area contributed by atoms with Gasteiger partial charge in [-0.05, 0) is 38.0 Å². The highest BCUT2D eigenvalue weighted by Gasteiger charge is 2.40. The Hall–Kier alpha value is -1.55. The first kappa shape index (κ1) is 14.9. The maximum Gasteiger partial charge on any atom is 0.252 e. The second kappa shape index (κ2) is 5.44.